The maximum absolute atomic E-state index is 11.0. The first-order valence-corrected chi connectivity index (χ1v) is 7.97. The van der Waals surface area contributed by atoms with Crippen LogP contribution >= 0.6 is 0 Å². The maximum Gasteiger partial charge on any atom is 0.216 e. The number of nitrogens with zero attached hydrogens (tertiary/aromatic N) is 1. The van der Waals surface area contributed by atoms with Crippen molar-refractivity contribution in [1.82, 2.24) is 10.2 Å². The van der Waals surface area contributed by atoms with Crippen LogP contribution in [0.25, 0.3) is 0 Å². The lowest BCUT2D eigenvalue weighted by atomic mass is 9.88. The van der Waals surface area contributed by atoms with Crippen LogP contribution < -0.4 is 20.5 Å². The first-order chi connectivity index (χ1) is 11.0. The predicted octanol–water partition coefficient (Wildman–Crippen LogP) is 0.957. The van der Waals surface area contributed by atoms with Crippen molar-refractivity contribution in [2.24, 2.45) is 5.73 Å². The quantitative estimate of drug-likeness (QED) is 0.816. The van der Waals surface area contributed by atoms with Gasteiger partial charge in [-0.25, -0.2) is 0 Å². The fourth-order valence-electron chi connectivity index (χ4n) is 3.15. The number of likely N-dealkylation sites (tertiary alicyclic amines) is 1. The molecule has 0 aliphatic carbocycles. The summed E-state index contributed by atoms with van der Waals surface area (Å²) in [5.41, 5.74) is 7.44. The Balaban J connectivity index is 2.04. The van der Waals surface area contributed by atoms with Gasteiger partial charge in [0.15, 0.2) is 11.5 Å². The number of piperidine rings is 1. The first-order valence-electron chi connectivity index (χ1n) is 7.97. The molecular weight excluding hydrogens is 294 g/mol. The third-order valence-corrected chi connectivity index (χ3v) is 4.24. The summed E-state index contributed by atoms with van der Waals surface area (Å²) in [7, 11) is 3.28. The fraction of sp³-hybridized carbons (Fsp3) is 0.588. The molecule has 2 unspecified atom stereocenters. The summed E-state index contributed by atoms with van der Waals surface area (Å²) < 4.78 is 10.7. The molecule has 1 amide bonds. The van der Waals surface area contributed by atoms with Gasteiger partial charge in [-0.15, -0.1) is 0 Å². The lowest BCUT2D eigenvalue weighted by Crippen LogP contribution is -2.48. The van der Waals surface area contributed by atoms with Gasteiger partial charge in [-0.3, -0.25) is 9.69 Å². The Kier molecular flexibility index (Phi) is 6.24. The van der Waals surface area contributed by atoms with Crippen molar-refractivity contribution in [2.45, 2.75) is 25.3 Å². The molecule has 6 heteroatoms. The number of ether oxygens (including phenoxy) is 2. The van der Waals surface area contributed by atoms with Crippen LogP contribution in [0.5, 0.6) is 11.5 Å². The normalized spacial score (nSPS) is 21.7. The Morgan fingerprint density at radius 1 is 1.30 bits per heavy atom. The maximum atomic E-state index is 11.0. The van der Waals surface area contributed by atoms with Crippen molar-refractivity contribution in [1.29, 1.82) is 0 Å². The van der Waals surface area contributed by atoms with E-state index in [0.29, 0.717) is 12.5 Å². The minimum Gasteiger partial charge on any atom is -0.493 e. The molecule has 3 N–H and O–H groups in total. The number of methoxy groups -OCH3 is 2. The molecule has 0 radical (unpaired) electrons. The van der Waals surface area contributed by atoms with Crippen LogP contribution in [-0.4, -0.2) is 57.2 Å². The number of nitrogens with two attached hydrogens (primary N) is 1. The fourth-order valence-corrected chi connectivity index (χ4v) is 3.15. The van der Waals surface area contributed by atoms with Gasteiger partial charge in [0.25, 0.3) is 0 Å². The zero-order chi connectivity index (χ0) is 16.8. The summed E-state index contributed by atoms with van der Waals surface area (Å²) in [6.07, 6.45) is 0.951. The molecule has 1 aromatic rings. The van der Waals surface area contributed by atoms with E-state index in [1.807, 2.05) is 12.1 Å². The second-order valence-electron chi connectivity index (χ2n) is 6.05. The largest absolute Gasteiger partial charge is 0.493 e. The number of benzene rings is 1. The Labute approximate surface area is 137 Å². The van der Waals surface area contributed by atoms with Gasteiger partial charge in [0.2, 0.25) is 5.91 Å². The molecule has 0 bridgehead atoms. The molecule has 2 atom stereocenters. The summed E-state index contributed by atoms with van der Waals surface area (Å²) >= 11 is 0. The molecule has 1 aromatic carbocycles. The van der Waals surface area contributed by atoms with E-state index in [1.165, 1.54) is 12.5 Å². The van der Waals surface area contributed by atoms with Crippen LogP contribution in [0.3, 0.4) is 0 Å². The van der Waals surface area contributed by atoms with Crippen molar-refractivity contribution in [3.05, 3.63) is 23.8 Å². The highest BCUT2D eigenvalue weighted by Gasteiger charge is 2.26. The Morgan fingerprint density at radius 2 is 2.04 bits per heavy atom. The molecule has 128 valence electrons. The van der Waals surface area contributed by atoms with E-state index in [4.69, 9.17) is 15.2 Å². The van der Waals surface area contributed by atoms with Crippen LogP contribution in [0.2, 0.25) is 0 Å². The van der Waals surface area contributed by atoms with E-state index in [2.05, 4.69) is 16.3 Å². The summed E-state index contributed by atoms with van der Waals surface area (Å²) in [6, 6.07) is 6.19. The van der Waals surface area contributed by atoms with Gasteiger partial charge in [-0.1, -0.05) is 6.07 Å². The van der Waals surface area contributed by atoms with Gasteiger partial charge in [0.1, 0.15) is 0 Å². The SMILES string of the molecule is COc1ccc(C2CC(N)CN(CCNC(C)=O)C2)cc1OC. The molecular formula is C17H27N3O3. The molecule has 0 saturated carbocycles. The molecule has 1 fully saturated rings. The zero-order valence-corrected chi connectivity index (χ0v) is 14.2. The van der Waals surface area contributed by atoms with E-state index in [0.717, 1.165) is 37.6 Å². The lowest BCUT2D eigenvalue weighted by molar-refractivity contribution is -0.119. The van der Waals surface area contributed by atoms with E-state index in [1.54, 1.807) is 14.2 Å². The van der Waals surface area contributed by atoms with Gasteiger partial charge in [-0.05, 0) is 30.0 Å². The molecule has 1 aliphatic heterocycles. The average molecular weight is 321 g/mol. The highest BCUT2D eigenvalue weighted by Crippen LogP contribution is 2.33. The molecule has 2 rings (SSSR count). The van der Waals surface area contributed by atoms with Crippen molar-refractivity contribution < 1.29 is 14.3 Å². The molecule has 1 heterocycles. The predicted molar refractivity (Wildman–Crippen MR) is 90.0 cm³/mol. The summed E-state index contributed by atoms with van der Waals surface area (Å²) in [6.45, 7) is 4.80. The average Bonchev–Trinajstić information content (AvgIpc) is 2.53. The molecule has 23 heavy (non-hydrogen) atoms. The van der Waals surface area contributed by atoms with Crippen molar-refractivity contribution in [3.8, 4) is 11.5 Å². The molecule has 0 spiro atoms. The minimum absolute atomic E-state index is 0.00255. The number of hydrogen-bond acceptors (Lipinski definition) is 5. The summed E-state index contributed by atoms with van der Waals surface area (Å²) in [5.74, 6) is 1.84. The number of rotatable bonds is 6. The molecule has 1 saturated heterocycles. The van der Waals surface area contributed by atoms with Crippen molar-refractivity contribution in [2.75, 3.05) is 40.4 Å². The van der Waals surface area contributed by atoms with Gasteiger partial charge < -0.3 is 20.5 Å². The van der Waals surface area contributed by atoms with Gasteiger partial charge in [0.05, 0.1) is 14.2 Å². The number of amides is 1. The zero-order valence-electron chi connectivity index (χ0n) is 14.2. The van der Waals surface area contributed by atoms with Crippen LogP contribution in [0.1, 0.15) is 24.8 Å². The number of carbonyl (C=O) groups excluding carboxylic acids is 1. The summed E-state index contributed by atoms with van der Waals surface area (Å²) in [5, 5.41) is 2.84. The monoisotopic (exact) mass is 321 g/mol. The van der Waals surface area contributed by atoms with E-state index >= 15 is 0 Å². The third-order valence-electron chi connectivity index (χ3n) is 4.24. The first kappa shape index (κ1) is 17.6. The third kappa shape index (κ3) is 4.84. The van der Waals surface area contributed by atoms with E-state index in [-0.39, 0.29) is 11.9 Å². The highest BCUT2D eigenvalue weighted by molar-refractivity contribution is 5.72. The number of hydrogen-bond donors (Lipinski definition) is 2. The van der Waals surface area contributed by atoms with E-state index in [9.17, 15) is 4.79 Å². The molecule has 6 nitrogen and oxygen atoms in total. The minimum atomic E-state index is 0.00255. The number of carbonyl (C=O) groups is 1. The summed E-state index contributed by atoms with van der Waals surface area (Å²) in [4.78, 5) is 13.3. The Hall–Kier alpha value is -1.79. The van der Waals surface area contributed by atoms with Crippen molar-refractivity contribution >= 4 is 5.91 Å². The van der Waals surface area contributed by atoms with Crippen LogP contribution in [0, 0.1) is 0 Å². The standard InChI is InChI=1S/C17H27N3O3/c1-12(21)19-6-7-20-10-14(8-15(18)11-20)13-4-5-16(22-2)17(9-13)23-3/h4-5,9,14-15H,6-8,10-11,18H2,1-3H3,(H,19,21). The van der Waals surface area contributed by atoms with Crippen molar-refractivity contribution in [3.63, 3.8) is 0 Å². The molecule has 1 aliphatic rings. The topological polar surface area (TPSA) is 76.8 Å². The van der Waals surface area contributed by atoms with Crippen LogP contribution in [0.4, 0.5) is 0 Å². The van der Waals surface area contributed by atoms with Gasteiger partial charge in [-0.2, -0.15) is 0 Å². The lowest BCUT2D eigenvalue weighted by Gasteiger charge is -2.36. The Bertz CT molecular complexity index is 536. The van der Waals surface area contributed by atoms with Crippen LogP contribution in [-0.2, 0) is 4.79 Å². The number of nitrogens with one attached hydrogen (secondary N) is 1. The van der Waals surface area contributed by atoms with Gasteiger partial charge in [0, 0.05) is 39.1 Å². The van der Waals surface area contributed by atoms with E-state index < -0.39 is 0 Å². The van der Waals surface area contributed by atoms with Crippen LogP contribution in [0.15, 0.2) is 18.2 Å². The molecule has 0 aromatic heterocycles. The van der Waals surface area contributed by atoms with Gasteiger partial charge >= 0.3 is 0 Å². The second kappa shape index (κ2) is 8.17. The smallest absolute Gasteiger partial charge is 0.216 e. The Morgan fingerprint density at radius 3 is 2.70 bits per heavy atom. The second-order valence-corrected chi connectivity index (χ2v) is 6.05. The highest BCUT2D eigenvalue weighted by atomic mass is 16.5.